The third-order valence-corrected chi connectivity index (χ3v) is 3.39. The fraction of sp³-hybridized carbons (Fsp3) is 0.471. The van der Waals surface area contributed by atoms with Gasteiger partial charge in [0.15, 0.2) is 0 Å². The fourth-order valence-electron chi connectivity index (χ4n) is 2.08. The zero-order valence-electron chi connectivity index (χ0n) is 13.3. The number of ether oxygens (including phenoxy) is 3. The summed E-state index contributed by atoms with van der Waals surface area (Å²) in [5, 5.41) is 0. The molecule has 1 fully saturated rings. The van der Waals surface area contributed by atoms with Crippen LogP contribution >= 0.6 is 0 Å². The molecule has 1 saturated heterocycles. The highest BCUT2D eigenvalue weighted by atomic mass is 19.3. The fourth-order valence-corrected chi connectivity index (χ4v) is 2.08. The van der Waals surface area contributed by atoms with Gasteiger partial charge < -0.3 is 19.1 Å². The number of benzene rings is 1. The van der Waals surface area contributed by atoms with Gasteiger partial charge in [-0.1, -0.05) is 36.4 Å². The standard InChI is InChI=1S/C17H21F2NO4/c1-2-8-22-12-17(18,19)13-24-15-9-20(10-15)16(21)23-11-14-6-4-3-5-7-14/h2-7,15H,1,8-13H2. The van der Waals surface area contributed by atoms with Crippen LogP contribution < -0.4 is 0 Å². The molecule has 1 aliphatic heterocycles. The van der Waals surface area contributed by atoms with E-state index < -0.39 is 31.3 Å². The Morgan fingerprint density at radius 3 is 2.67 bits per heavy atom. The molecule has 1 aliphatic rings. The van der Waals surface area contributed by atoms with Crippen molar-refractivity contribution in [3.8, 4) is 0 Å². The van der Waals surface area contributed by atoms with E-state index in [0.29, 0.717) is 0 Å². The Bertz CT molecular complexity index is 533. The molecule has 0 N–H and O–H groups in total. The van der Waals surface area contributed by atoms with Crippen LogP contribution in [0.4, 0.5) is 13.6 Å². The van der Waals surface area contributed by atoms with Crippen LogP contribution in [0.3, 0.4) is 0 Å². The maximum atomic E-state index is 13.4. The number of alkyl halides is 2. The van der Waals surface area contributed by atoms with E-state index in [1.54, 1.807) is 0 Å². The summed E-state index contributed by atoms with van der Waals surface area (Å²) in [6.07, 6.45) is 0.529. The molecule has 1 heterocycles. The van der Waals surface area contributed by atoms with Gasteiger partial charge in [0.25, 0.3) is 5.92 Å². The third kappa shape index (κ3) is 5.90. The van der Waals surface area contributed by atoms with E-state index in [9.17, 15) is 13.6 Å². The molecule has 5 nitrogen and oxygen atoms in total. The molecule has 0 aromatic heterocycles. The van der Waals surface area contributed by atoms with Gasteiger partial charge in [0.1, 0.15) is 19.8 Å². The van der Waals surface area contributed by atoms with Crippen molar-refractivity contribution in [2.45, 2.75) is 18.6 Å². The molecule has 0 saturated carbocycles. The van der Waals surface area contributed by atoms with Gasteiger partial charge in [-0.3, -0.25) is 0 Å². The van der Waals surface area contributed by atoms with Gasteiger partial charge in [0.05, 0.1) is 25.8 Å². The van der Waals surface area contributed by atoms with Gasteiger partial charge in [-0.05, 0) is 5.56 Å². The minimum absolute atomic E-state index is 0.0695. The van der Waals surface area contributed by atoms with Crippen molar-refractivity contribution in [2.75, 3.05) is 32.9 Å². The summed E-state index contributed by atoms with van der Waals surface area (Å²) in [6, 6.07) is 9.30. The van der Waals surface area contributed by atoms with E-state index in [4.69, 9.17) is 14.2 Å². The van der Waals surface area contributed by atoms with E-state index in [0.717, 1.165) is 5.56 Å². The molecule has 1 aromatic rings. The van der Waals surface area contributed by atoms with Crippen molar-refractivity contribution in [1.82, 2.24) is 4.90 Å². The minimum atomic E-state index is -3.06. The second-order valence-corrected chi connectivity index (χ2v) is 5.54. The van der Waals surface area contributed by atoms with E-state index in [2.05, 4.69) is 6.58 Å². The quantitative estimate of drug-likeness (QED) is 0.512. The van der Waals surface area contributed by atoms with Crippen molar-refractivity contribution in [1.29, 1.82) is 0 Å². The van der Waals surface area contributed by atoms with Crippen LogP contribution in [0.1, 0.15) is 5.56 Å². The molecular weight excluding hydrogens is 320 g/mol. The molecule has 0 unspecified atom stereocenters. The largest absolute Gasteiger partial charge is 0.445 e. The molecule has 1 aromatic carbocycles. The summed E-state index contributed by atoms with van der Waals surface area (Å²) in [5.74, 6) is -3.06. The highest BCUT2D eigenvalue weighted by molar-refractivity contribution is 5.68. The predicted molar refractivity (Wildman–Crippen MR) is 83.9 cm³/mol. The first kappa shape index (κ1) is 18.4. The molecule has 0 aliphatic carbocycles. The molecule has 0 bridgehead atoms. The summed E-state index contributed by atoms with van der Waals surface area (Å²) in [4.78, 5) is 13.2. The number of halogens is 2. The number of nitrogens with zero attached hydrogens (tertiary/aromatic N) is 1. The topological polar surface area (TPSA) is 48.0 Å². The molecule has 0 spiro atoms. The van der Waals surface area contributed by atoms with Crippen LogP contribution in [0.25, 0.3) is 0 Å². The molecule has 132 valence electrons. The lowest BCUT2D eigenvalue weighted by Gasteiger charge is -2.38. The maximum absolute atomic E-state index is 13.4. The first-order valence-electron chi connectivity index (χ1n) is 7.64. The van der Waals surface area contributed by atoms with Crippen LogP contribution in [0, 0.1) is 0 Å². The third-order valence-electron chi connectivity index (χ3n) is 3.39. The molecule has 0 atom stereocenters. The Balaban J connectivity index is 1.60. The van der Waals surface area contributed by atoms with Crippen molar-refractivity contribution in [2.24, 2.45) is 0 Å². The summed E-state index contributed by atoms with van der Waals surface area (Å²) in [7, 11) is 0. The van der Waals surface area contributed by atoms with Crippen molar-refractivity contribution < 1.29 is 27.8 Å². The summed E-state index contributed by atoms with van der Waals surface area (Å²) < 4.78 is 41.9. The zero-order chi connectivity index (χ0) is 17.4. The Kier molecular flexibility index (Phi) is 6.69. The Labute approximate surface area is 139 Å². The minimum Gasteiger partial charge on any atom is -0.445 e. The summed E-state index contributed by atoms with van der Waals surface area (Å²) >= 11 is 0. The van der Waals surface area contributed by atoms with Gasteiger partial charge in [0.2, 0.25) is 0 Å². The SMILES string of the molecule is C=CCOCC(F)(F)COC1CN(C(=O)OCc2ccccc2)C1. The van der Waals surface area contributed by atoms with Gasteiger partial charge in [-0.25, -0.2) is 13.6 Å². The molecule has 24 heavy (non-hydrogen) atoms. The summed E-state index contributed by atoms with van der Waals surface area (Å²) in [6.45, 7) is 2.68. The average Bonchev–Trinajstić information content (AvgIpc) is 2.52. The Hall–Kier alpha value is -1.99. The smallest absolute Gasteiger partial charge is 0.410 e. The second kappa shape index (κ2) is 8.75. The molecular formula is C17H21F2NO4. The van der Waals surface area contributed by atoms with Crippen molar-refractivity contribution in [3.63, 3.8) is 0 Å². The van der Waals surface area contributed by atoms with Gasteiger partial charge in [-0.15, -0.1) is 6.58 Å². The van der Waals surface area contributed by atoms with Gasteiger partial charge in [-0.2, -0.15) is 0 Å². The predicted octanol–water partition coefficient (Wildman–Crippen LogP) is 2.86. The number of carbonyl (C=O) groups excluding carboxylic acids is 1. The lowest BCUT2D eigenvalue weighted by atomic mass is 10.2. The van der Waals surface area contributed by atoms with Crippen molar-refractivity contribution in [3.05, 3.63) is 48.6 Å². The number of carbonyl (C=O) groups is 1. The van der Waals surface area contributed by atoms with E-state index in [-0.39, 0.29) is 26.3 Å². The number of likely N-dealkylation sites (tertiary alicyclic amines) is 1. The zero-order valence-corrected chi connectivity index (χ0v) is 13.3. The van der Waals surface area contributed by atoms with Crippen LogP contribution in [0.15, 0.2) is 43.0 Å². The normalized spacial score (nSPS) is 15.0. The van der Waals surface area contributed by atoms with E-state index >= 15 is 0 Å². The first-order valence-corrected chi connectivity index (χ1v) is 7.64. The van der Waals surface area contributed by atoms with E-state index in [1.165, 1.54) is 11.0 Å². The monoisotopic (exact) mass is 341 g/mol. The first-order chi connectivity index (χ1) is 11.5. The second-order valence-electron chi connectivity index (χ2n) is 5.54. The lowest BCUT2D eigenvalue weighted by molar-refractivity contribution is -0.153. The molecule has 0 radical (unpaired) electrons. The highest BCUT2D eigenvalue weighted by Crippen LogP contribution is 2.19. The van der Waals surface area contributed by atoms with Gasteiger partial charge in [0, 0.05) is 0 Å². The molecule has 1 amide bonds. The number of amides is 1. The van der Waals surface area contributed by atoms with E-state index in [1.807, 2.05) is 30.3 Å². The highest BCUT2D eigenvalue weighted by Gasteiger charge is 2.36. The van der Waals surface area contributed by atoms with Crippen LogP contribution in [0.5, 0.6) is 0 Å². The van der Waals surface area contributed by atoms with Crippen LogP contribution in [-0.2, 0) is 20.8 Å². The van der Waals surface area contributed by atoms with Crippen molar-refractivity contribution >= 4 is 6.09 Å². The number of hydrogen-bond acceptors (Lipinski definition) is 4. The average molecular weight is 341 g/mol. The van der Waals surface area contributed by atoms with Crippen LogP contribution in [0.2, 0.25) is 0 Å². The number of hydrogen-bond donors (Lipinski definition) is 0. The Morgan fingerprint density at radius 2 is 2.00 bits per heavy atom. The molecule has 7 heteroatoms. The Morgan fingerprint density at radius 1 is 1.29 bits per heavy atom. The van der Waals surface area contributed by atoms with Crippen LogP contribution in [-0.4, -0.2) is 55.9 Å². The maximum Gasteiger partial charge on any atom is 0.410 e. The molecule has 2 rings (SSSR count). The lowest BCUT2D eigenvalue weighted by Crippen LogP contribution is -2.55. The summed E-state index contributed by atoms with van der Waals surface area (Å²) in [5.41, 5.74) is 0.887. The van der Waals surface area contributed by atoms with Gasteiger partial charge >= 0.3 is 6.09 Å². The number of rotatable bonds is 9.